The molecule has 102 valence electrons. The maximum Gasteiger partial charge on any atom is 0.250 e. The molecule has 0 radical (unpaired) electrons. The highest BCUT2D eigenvalue weighted by Gasteiger charge is 2.50. The second-order valence-electron chi connectivity index (χ2n) is 5.86. The maximum atomic E-state index is 12.6. The van der Waals surface area contributed by atoms with E-state index in [9.17, 15) is 9.90 Å². The Morgan fingerprint density at radius 3 is 2.63 bits per heavy atom. The van der Waals surface area contributed by atoms with Gasteiger partial charge in [0, 0.05) is 12.1 Å². The Labute approximate surface area is 113 Å². The summed E-state index contributed by atoms with van der Waals surface area (Å²) in [6, 6.07) is 5.38. The van der Waals surface area contributed by atoms with E-state index in [0.29, 0.717) is 0 Å². The van der Waals surface area contributed by atoms with Gasteiger partial charge < -0.3 is 15.3 Å². The average Bonchev–Trinajstić information content (AvgIpc) is 2.81. The Balaban J connectivity index is 2.17. The zero-order chi connectivity index (χ0) is 13.6. The lowest BCUT2D eigenvalue weighted by molar-refractivity contribution is -0.121. The third-order valence-corrected chi connectivity index (χ3v) is 4.32. The van der Waals surface area contributed by atoms with Crippen LogP contribution in [-0.4, -0.2) is 22.6 Å². The van der Waals surface area contributed by atoms with Crippen molar-refractivity contribution in [3.05, 3.63) is 18.2 Å². The van der Waals surface area contributed by atoms with E-state index in [-0.39, 0.29) is 17.7 Å². The Morgan fingerprint density at radius 1 is 1.32 bits per heavy atom. The van der Waals surface area contributed by atoms with Gasteiger partial charge in [0.05, 0.1) is 11.4 Å². The molecule has 0 bridgehead atoms. The van der Waals surface area contributed by atoms with Gasteiger partial charge in [0.15, 0.2) is 0 Å². The minimum absolute atomic E-state index is 0.108. The predicted molar refractivity (Wildman–Crippen MR) is 75.6 cm³/mol. The molecule has 1 spiro atoms. The molecule has 19 heavy (non-hydrogen) atoms. The van der Waals surface area contributed by atoms with Crippen molar-refractivity contribution in [2.75, 3.05) is 10.2 Å². The van der Waals surface area contributed by atoms with Crippen molar-refractivity contribution in [3.8, 4) is 5.75 Å². The van der Waals surface area contributed by atoms with Crippen LogP contribution in [0.5, 0.6) is 5.75 Å². The minimum atomic E-state index is -0.422. The van der Waals surface area contributed by atoms with Gasteiger partial charge in [-0.3, -0.25) is 4.79 Å². The van der Waals surface area contributed by atoms with Crippen LogP contribution in [0.1, 0.15) is 39.5 Å². The van der Waals surface area contributed by atoms with Crippen LogP contribution >= 0.6 is 0 Å². The van der Waals surface area contributed by atoms with Crippen molar-refractivity contribution in [3.63, 3.8) is 0 Å². The number of nitrogens with zero attached hydrogens (tertiary/aromatic N) is 1. The van der Waals surface area contributed by atoms with Crippen molar-refractivity contribution < 1.29 is 9.90 Å². The summed E-state index contributed by atoms with van der Waals surface area (Å²) in [5.74, 6) is 0.352. The molecule has 0 unspecified atom stereocenters. The Morgan fingerprint density at radius 2 is 2.00 bits per heavy atom. The molecule has 3 rings (SSSR count). The van der Waals surface area contributed by atoms with Gasteiger partial charge in [0.25, 0.3) is 0 Å². The molecule has 2 N–H and O–H groups in total. The molecule has 1 amide bonds. The van der Waals surface area contributed by atoms with Crippen molar-refractivity contribution in [2.45, 2.75) is 51.1 Å². The van der Waals surface area contributed by atoms with Gasteiger partial charge in [-0.15, -0.1) is 0 Å². The third-order valence-electron chi connectivity index (χ3n) is 4.32. The third kappa shape index (κ3) is 1.70. The molecule has 1 aromatic rings. The highest BCUT2D eigenvalue weighted by atomic mass is 16.3. The van der Waals surface area contributed by atoms with Crippen LogP contribution < -0.4 is 10.2 Å². The molecule has 4 heteroatoms. The number of phenols is 1. The first kappa shape index (κ1) is 12.3. The summed E-state index contributed by atoms with van der Waals surface area (Å²) in [7, 11) is 0. The lowest BCUT2D eigenvalue weighted by atomic mass is 9.88. The fourth-order valence-electron chi connectivity index (χ4n) is 3.60. The number of phenolic OH excluding ortho intramolecular Hbond substituents is 1. The number of anilines is 2. The molecule has 0 saturated heterocycles. The molecule has 0 atom stereocenters. The zero-order valence-corrected chi connectivity index (χ0v) is 11.4. The fourth-order valence-corrected chi connectivity index (χ4v) is 3.60. The van der Waals surface area contributed by atoms with Gasteiger partial charge in [-0.05, 0) is 38.8 Å². The van der Waals surface area contributed by atoms with E-state index in [1.54, 1.807) is 18.2 Å². The Kier molecular flexibility index (Phi) is 2.69. The van der Waals surface area contributed by atoms with Gasteiger partial charge >= 0.3 is 0 Å². The zero-order valence-electron chi connectivity index (χ0n) is 11.4. The van der Waals surface area contributed by atoms with E-state index in [1.165, 1.54) is 0 Å². The van der Waals surface area contributed by atoms with E-state index in [4.69, 9.17) is 0 Å². The minimum Gasteiger partial charge on any atom is -0.508 e. The smallest absolute Gasteiger partial charge is 0.250 e. The molecule has 0 aromatic heterocycles. The molecule has 4 nitrogen and oxygen atoms in total. The number of aromatic hydroxyl groups is 1. The summed E-state index contributed by atoms with van der Waals surface area (Å²) in [6.07, 6.45) is 3.97. The van der Waals surface area contributed by atoms with Crippen molar-refractivity contribution >= 4 is 17.3 Å². The quantitative estimate of drug-likeness (QED) is 0.763. The molecular weight excluding hydrogens is 240 g/mol. The van der Waals surface area contributed by atoms with Crippen molar-refractivity contribution in [1.29, 1.82) is 0 Å². The topological polar surface area (TPSA) is 52.6 Å². The van der Waals surface area contributed by atoms with E-state index in [0.717, 1.165) is 37.1 Å². The molecule has 1 heterocycles. The monoisotopic (exact) mass is 260 g/mol. The average molecular weight is 260 g/mol. The van der Waals surface area contributed by atoms with Gasteiger partial charge in [-0.25, -0.2) is 0 Å². The molecule has 1 aliphatic carbocycles. The maximum absolute atomic E-state index is 12.6. The van der Waals surface area contributed by atoms with Crippen LogP contribution in [0, 0.1) is 0 Å². The van der Waals surface area contributed by atoms with E-state index >= 15 is 0 Å². The SMILES string of the molecule is CC(C)N1c2cc(O)ccc2NC(=O)C12CCCC2. The first-order valence-corrected chi connectivity index (χ1v) is 6.98. The normalized spacial score (nSPS) is 20.8. The molecule has 2 aliphatic rings. The number of amides is 1. The first-order chi connectivity index (χ1) is 9.04. The number of carbonyl (C=O) groups excluding carboxylic acids is 1. The number of benzene rings is 1. The van der Waals surface area contributed by atoms with Crippen molar-refractivity contribution in [1.82, 2.24) is 0 Å². The highest BCUT2D eigenvalue weighted by molar-refractivity contribution is 6.07. The number of hydrogen-bond donors (Lipinski definition) is 2. The largest absolute Gasteiger partial charge is 0.508 e. The standard InChI is InChI=1S/C15H20N2O2/c1-10(2)17-13-9-11(18)5-6-12(13)16-14(19)15(17)7-3-4-8-15/h5-6,9-10,18H,3-4,7-8H2,1-2H3,(H,16,19). The van der Waals surface area contributed by atoms with E-state index in [1.807, 2.05) is 0 Å². The van der Waals surface area contributed by atoms with E-state index < -0.39 is 5.54 Å². The lowest BCUT2D eigenvalue weighted by Crippen LogP contribution is -2.60. The number of hydrogen-bond acceptors (Lipinski definition) is 3. The van der Waals surface area contributed by atoms with Crippen LogP contribution in [-0.2, 0) is 4.79 Å². The first-order valence-electron chi connectivity index (χ1n) is 6.98. The lowest BCUT2D eigenvalue weighted by Gasteiger charge is -2.48. The second kappa shape index (κ2) is 4.15. The van der Waals surface area contributed by atoms with Gasteiger partial charge in [0.2, 0.25) is 5.91 Å². The number of nitrogens with one attached hydrogen (secondary N) is 1. The second-order valence-corrected chi connectivity index (χ2v) is 5.86. The van der Waals surface area contributed by atoms with Gasteiger partial charge in [0.1, 0.15) is 11.3 Å². The molecule has 1 saturated carbocycles. The van der Waals surface area contributed by atoms with Gasteiger partial charge in [-0.1, -0.05) is 12.8 Å². The van der Waals surface area contributed by atoms with Crippen LogP contribution in [0.4, 0.5) is 11.4 Å². The summed E-state index contributed by atoms with van der Waals surface area (Å²) in [6.45, 7) is 4.21. The van der Waals surface area contributed by atoms with Crippen LogP contribution in [0.25, 0.3) is 0 Å². The van der Waals surface area contributed by atoms with Crippen molar-refractivity contribution in [2.24, 2.45) is 0 Å². The highest BCUT2D eigenvalue weighted by Crippen LogP contribution is 2.47. The molecule has 1 aliphatic heterocycles. The molecule has 1 aromatic carbocycles. The summed E-state index contributed by atoms with van der Waals surface area (Å²) in [5, 5.41) is 12.8. The summed E-state index contributed by atoms with van der Waals surface area (Å²) in [5.41, 5.74) is 1.32. The fraction of sp³-hybridized carbons (Fsp3) is 0.533. The number of rotatable bonds is 1. The number of fused-ring (bicyclic) bond motifs is 1. The van der Waals surface area contributed by atoms with E-state index in [2.05, 4.69) is 24.1 Å². The summed E-state index contributed by atoms with van der Waals surface area (Å²) < 4.78 is 0. The summed E-state index contributed by atoms with van der Waals surface area (Å²) >= 11 is 0. The number of carbonyl (C=O) groups is 1. The molecule has 1 fully saturated rings. The Bertz CT molecular complexity index is 519. The van der Waals surface area contributed by atoms with Crippen LogP contribution in [0.3, 0.4) is 0 Å². The summed E-state index contributed by atoms with van der Waals surface area (Å²) in [4.78, 5) is 14.8. The van der Waals surface area contributed by atoms with Gasteiger partial charge in [-0.2, -0.15) is 0 Å². The van der Waals surface area contributed by atoms with Crippen LogP contribution in [0.15, 0.2) is 18.2 Å². The molecular formula is C15H20N2O2. The predicted octanol–water partition coefficient (Wildman–Crippen LogP) is 2.87. The Hall–Kier alpha value is -1.71. The van der Waals surface area contributed by atoms with Crippen LogP contribution in [0.2, 0.25) is 0 Å².